The third kappa shape index (κ3) is 2.42. The van der Waals surface area contributed by atoms with Crippen molar-refractivity contribution < 1.29 is 9.66 Å². The first-order chi connectivity index (χ1) is 9.02. The second-order valence-corrected chi connectivity index (χ2v) is 3.99. The Kier molecular flexibility index (Phi) is 3.24. The molecule has 0 unspecified atom stereocenters. The number of benzene rings is 2. The van der Waals surface area contributed by atoms with Gasteiger partial charge in [0, 0.05) is 23.0 Å². The lowest BCUT2D eigenvalue weighted by Gasteiger charge is -2.09. The van der Waals surface area contributed by atoms with E-state index in [1.807, 2.05) is 0 Å². The first-order valence-corrected chi connectivity index (χ1v) is 5.50. The van der Waals surface area contributed by atoms with Gasteiger partial charge in [-0.1, -0.05) is 0 Å². The topological polar surface area (TPSA) is 104 Å². The van der Waals surface area contributed by atoms with E-state index in [1.54, 1.807) is 24.3 Å². The summed E-state index contributed by atoms with van der Waals surface area (Å²) < 4.78 is 5.09. The Balaban J connectivity index is 2.71. The molecule has 0 heterocycles. The molecule has 98 valence electrons. The minimum Gasteiger partial charge on any atom is -0.497 e. The molecular formula is C13H13N3O3. The lowest BCUT2D eigenvalue weighted by atomic mass is 10.0. The van der Waals surface area contributed by atoms with Crippen LogP contribution in [0.15, 0.2) is 36.4 Å². The molecule has 0 aliphatic carbocycles. The molecule has 6 nitrogen and oxygen atoms in total. The summed E-state index contributed by atoms with van der Waals surface area (Å²) in [4.78, 5) is 10.6. The number of nitro groups is 1. The number of nitro benzene ring substituents is 1. The average molecular weight is 259 g/mol. The van der Waals surface area contributed by atoms with Gasteiger partial charge < -0.3 is 16.2 Å². The second kappa shape index (κ2) is 4.85. The van der Waals surface area contributed by atoms with Crippen molar-refractivity contribution in [3.05, 3.63) is 46.5 Å². The van der Waals surface area contributed by atoms with Crippen LogP contribution in [0.4, 0.5) is 17.1 Å². The quantitative estimate of drug-likeness (QED) is 0.500. The molecule has 0 saturated carbocycles. The van der Waals surface area contributed by atoms with Crippen LogP contribution in [-0.2, 0) is 0 Å². The molecule has 19 heavy (non-hydrogen) atoms. The molecular weight excluding hydrogens is 246 g/mol. The first-order valence-electron chi connectivity index (χ1n) is 5.50. The largest absolute Gasteiger partial charge is 0.497 e. The molecule has 2 aromatic carbocycles. The summed E-state index contributed by atoms with van der Waals surface area (Å²) >= 11 is 0. The molecule has 0 amide bonds. The van der Waals surface area contributed by atoms with Crippen molar-refractivity contribution in [2.24, 2.45) is 0 Å². The second-order valence-electron chi connectivity index (χ2n) is 3.99. The molecule has 0 fully saturated rings. The van der Waals surface area contributed by atoms with Crippen LogP contribution < -0.4 is 16.2 Å². The Morgan fingerprint density at radius 1 is 1.11 bits per heavy atom. The van der Waals surface area contributed by atoms with Gasteiger partial charge in [0.05, 0.1) is 17.6 Å². The van der Waals surface area contributed by atoms with Gasteiger partial charge in [-0.25, -0.2) is 0 Å². The zero-order chi connectivity index (χ0) is 14.0. The van der Waals surface area contributed by atoms with Crippen molar-refractivity contribution in [3.8, 4) is 16.9 Å². The molecule has 0 saturated heterocycles. The molecule has 2 aromatic rings. The number of nitrogens with zero attached hydrogens (tertiary/aromatic N) is 1. The SMILES string of the molecule is COc1ccc([N+](=O)[O-])c(-c2cc(N)ccc2N)c1. The molecule has 0 bridgehead atoms. The summed E-state index contributed by atoms with van der Waals surface area (Å²) in [6.07, 6.45) is 0. The van der Waals surface area contributed by atoms with Gasteiger partial charge >= 0.3 is 0 Å². The third-order valence-corrected chi connectivity index (χ3v) is 2.77. The van der Waals surface area contributed by atoms with Gasteiger partial charge in [0.1, 0.15) is 5.75 Å². The molecule has 2 rings (SSSR count). The number of hydrogen-bond acceptors (Lipinski definition) is 5. The lowest BCUT2D eigenvalue weighted by molar-refractivity contribution is -0.384. The molecule has 0 radical (unpaired) electrons. The highest BCUT2D eigenvalue weighted by atomic mass is 16.6. The predicted molar refractivity (Wildman–Crippen MR) is 73.9 cm³/mol. The highest BCUT2D eigenvalue weighted by molar-refractivity contribution is 5.85. The fourth-order valence-corrected chi connectivity index (χ4v) is 1.82. The Bertz CT molecular complexity index is 641. The number of rotatable bonds is 3. The first kappa shape index (κ1) is 12.7. The van der Waals surface area contributed by atoms with Crippen LogP contribution in [-0.4, -0.2) is 12.0 Å². The summed E-state index contributed by atoms with van der Waals surface area (Å²) in [5.74, 6) is 0.516. The Hall–Kier alpha value is -2.76. The normalized spacial score (nSPS) is 10.2. The van der Waals surface area contributed by atoms with Crippen LogP contribution >= 0.6 is 0 Å². The average Bonchev–Trinajstić information content (AvgIpc) is 2.40. The van der Waals surface area contributed by atoms with Gasteiger partial charge in [0.15, 0.2) is 0 Å². The fourth-order valence-electron chi connectivity index (χ4n) is 1.82. The van der Waals surface area contributed by atoms with Crippen LogP contribution in [0.5, 0.6) is 5.75 Å². The maximum atomic E-state index is 11.1. The number of nitrogen functional groups attached to an aromatic ring is 2. The summed E-state index contributed by atoms with van der Waals surface area (Å²) in [6.45, 7) is 0. The van der Waals surface area contributed by atoms with Gasteiger partial charge in [0.2, 0.25) is 0 Å². The fraction of sp³-hybridized carbons (Fsp3) is 0.0769. The van der Waals surface area contributed by atoms with E-state index in [1.165, 1.54) is 19.2 Å². The highest BCUT2D eigenvalue weighted by Gasteiger charge is 2.18. The minimum absolute atomic E-state index is 0.0434. The van der Waals surface area contributed by atoms with E-state index in [0.29, 0.717) is 28.3 Å². The third-order valence-electron chi connectivity index (χ3n) is 2.77. The van der Waals surface area contributed by atoms with Gasteiger partial charge in [-0.2, -0.15) is 0 Å². The van der Waals surface area contributed by atoms with Crippen LogP contribution in [0.1, 0.15) is 0 Å². The predicted octanol–water partition coefficient (Wildman–Crippen LogP) is 2.43. The van der Waals surface area contributed by atoms with E-state index in [9.17, 15) is 10.1 Å². The summed E-state index contributed by atoms with van der Waals surface area (Å²) in [7, 11) is 1.49. The van der Waals surface area contributed by atoms with Gasteiger partial charge in [-0.3, -0.25) is 10.1 Å². The Labute approximate surface area is 109 Å². The number of ether oxygens (including phenoxy) is 1. The monoisotopic (exact) mass is 259 g/mol. The van der Waals surface area contributed by atoms with Crippen molar-refractivity contribution >= 4 is 17.1 Å². The maximum Gasteiger partial charge on any atom is 0.277 e. The Morgan fingerprint density at radius 2 is 1.84 bits per heavy atom. The van der Waals surface area contributed by atoms with Crippen molar-refractivity contribution in [1.29, 1.82) is 0 Å². The van der Waals surface area contributed by atoms with E-state index in [2.05, 4.69) is 0 Å². The number of methoxy groups -OCH3 is 1. The van der Waals surface area contributed by atoms with Crippen LogP contribution in [0.3, 0.4) is 0 Å². The van der Waals surface area contributed by atoms with Crippen molar-refractivity contribution in [1.82, 2.24) is 0 Å². The number of hydrogen-bond donors (Lipinski definition) is 2. The maximum absolute atomic E-state index is 11.1. The van der Waals surface area contributed by atoms with Crippen molar-refractivity contribution in [3.63, 3.8) is 0 Å². The van der Waals surface area contributed by atoms with Crippen molar-refractivity contribution in [2.75, 3.05) is 18.6 Å². The van der Waals surface area contributed by atoms with Crippen LogP contribution in [0.2, 0.25) is 0 Å². The van der Waals surface area contributed by atoms with E-state index < -0.39 is 4.92 Å². The van der Waals surface area contributed by atoms with Crippen molar-refractivity contribution in [2.45, 2.75) is 0 Å². The van der Waals surface area contributed by atoms with E-state index >= 15 is 0 Å². The molecule has 0 spiro atoms. The zero-order valence-corrected chi connectivity index (χ0v) is 10.3. The summed E-state index contributed by atoms with van der Waals surface area (Å²) in [5, 5.41) is 11.1. The molecule has 0 aromatic heterocycles. The number of nitrogens with two attached hydrogens (primary N) is 2. The number of anilines is 2. The molecule has 6 heteroatoms. The summed E-state index contributed by atoms with van der Waals surface area (Å²) in [6, 6.07) is 9.36. The van der Waals surface area contributed by atoms with Gasteiger partial charge in [-0.15, -0.1) is 0 Å². The smallest absolute Gasteiger partial charge is 0.277 e. The lowest BCUT2D eigenvalue weighted by Crippen LogP contribution is -1.97. The van der Waals surface area contributed by atoms with E-state index in [-0.39, 0.29) is 5.69 Å². The van der Waals surface area contributed by atoms with E-state index in [4.69, 9.17) is 16.2 Å². The summed E-state index contributed by atoms with van der Waals surface area (Å²) in [5.41, 5.74) is 13.3. The van der Waals surface area contributed by atoms with Crippen LogP contribution in [0, 0.1) is 10.1 Å². The highest BCUT2D eigenvalue weighted by Crippen LogP contribution is 2.37. The Morgan fingerprint density at radius 3 is 2.47 bits per heavy atom. The minimum atomic E-state index is -0.461. The molecule has 0 aliphatic heterocycles. The molecule has 4 N–H and O–H groups in total. The molecule has 0 atom stereocenters. The standard InChI is InChI=1S/C13H13N3O3/c1-19-9-3-5-13(16(17)18)11(7-9)10-6-8(14)2-4-12(10)15/h2-7H,14-15H2,1H3. The van der Waals surface area contributed by atoms with Crippen LogP contribution in [0.25, 0.3) is 11.1 Å². The molecule has 0 aliphatic rings. The van der Waals surface area contributed by atoms with E-state index in [0.717, 1.165) is 0 Å². The zero-order valence-electron chi connectivity index (χ0n) is 10.3. The van der Waals surface area contributed by atoms with Gasteiger partial charge in [0.25, 0.3) is 5.69 Å². The van der Waals surface area contributed by atoms with Gasteiger partial charge in [-0.05, 0) is 30.3 Å².